The summed E-state index contributed by atoms with van der Waals surface area (Å²) in [5.41, 5.74) is 7.87. The molecular weight excluding hydrogens is 416 g/mol. The van der Waals surface area contributed by atoms with Crippen LogP contribution in [-0.2, 0) is 0 Å². The number of hydrogen-bond donors (Lipinski definition) is 2. The van der Waals surface area contributed by atoms with E-state index in [1.165, 1.54) is 0 Å². The lowest BCUT2D eigenvalue weighted by atomic mass is 10.1. The quantitative estimate of drug-likeness (QED) is 0.476. The van der Waals surface area contributed by atoms with E-state index in [1.807, 2.05) is 24.3 Å². The smallest absolute Gasteiger partial charge is 0.259 e. The topological polar surface area (TPSA) is 97.3 Å². The zero-order valence-electron chi connectivity index (χ0n) is 17.1. The molecule has 3 heterocycles. The van der Waals surface area contributed by atoms with Crippen molar-refractivity contribution >= 4 is 45.1 Å². The average Bonchev–Trinajstić information content (AvgIpc) is 3.04. The first-order valence-electron chi connectivity index (χ1n) is 10.4. The normalized spacial score (nSPS) is 16.2. The number of fused-ring (bicyclic) bond motifs is 2. The number of carbonyl (C=O) groups excluding carboxylic acids is 1. The van der Waals surface area contributed by atoms with E-state index < -0.39 is 5.92 Å². The van der Waals surface area contributed by atoms with E-state index in [4.69, 9.17) is 10.3 Å². The van der Waals surface area contributed by atoms with Crippen LogP contribution >= 0.6 is 0 Å². The number of nitrogens with two attached hydrogens (primary N) is 1. The number of hydrogen-bond acceptors (Lipinski definition) is 6. The van der Waals surface area contributed by atoms with Crippen molar-refractivity contribution in [2.75, 3.05) is 29.0 Å². The van der Waals surface area contributed by atoms with Gasteiger partial charge >= 0.3 is 0 Å². The molecule has 0 atom stereocenters. The SMILES string of the molecule is Nc1noc2ccc(NC(=O)c3cc4ccccc4nc3N3CCCC(F)(F)CC3)cc12. The van der Waals surface area contributed by atoms with Gasteiger partial charge in [0.25, 0.3) is 5.91 Å². The molecule has 4 aromatic rings. The summed E-state index contributed by atoms with van der Waals surface area (Å²) in [7, 11) is 0. The maximum Gasteiger partial charge on any atom is 0.259 e. The van der Waals surface area contributed by atoms with Crippen LogP contribution in [-0.4, -0.2) is 35.1 Å². The van der Waals surface area contributed by atoms with Crippen molar-refractivity contribution in [3.63, 3.8) is 0 Å². The highest BCUT2D eigenvalue weighted by molar-refractivity contribution is 6.10. The number of para-hydroxylation sites is 1. The lowest BCUT2D eigenvalue weighted by Crippen LogP contribution is -2.29. The van der Waals surface area contributed by atoms with Crippen molar-refractivity contribution in [1.29, 1.82) is 0 Å². The summed E-state index contributed by atoms with van der Waals surface area (Å²) in [6.45, 7) is 0.534. The van der Waals surface area contributed by atoms with Crippen molar-refractivity contribution in [3.05, 3.63) is 54.1 Å². The molecule has 9 heteroatoms. The number of pyridine rings is 1. The number of alkyl halides is 2. The van der Waals surface area contributed by atoms with Gasteiger partial charge in [-0.15, -0.1) is 0 Å². The molecule has 1 amide bonds. The van der Waals surface area contributed by atoms with E-state index in [9.17, 15) is 13.6 Å². The van der Waals surface area contributed by atoms with Crippen LogP contribution in [0.1, 0.15) is 29.6 Å². The number of anilines is 3. The highest BCUT2D eigenvalue weighted by Crippen LogP contribution is 2.32. The van der Waals surface area contributed by atoms with Gasteiger partial charge in [0.05, 0.1) is 16.5 Å². The third-order valence-electron chi connectivity index (χ3n) is 5.72. The van der Waals surface area contributed by atoms with Crippen molar-refractivity contribution in [2.45, 2.75) is 25.2 Å². The number of rotatable bonds is 3. The van der Waals surface area contributed by atoms with E-state index in [1.54, 1.807) is 29.2 Å². The molecular formula is C23H21F2N5O2. The number of halogens is 2. The largest absolute Gasteiger partial charge is 0.380 e. The summed E-state index contributed by atoms with van der Waals surface area (Å²) < 4.78 is 33.0. The molecule has 1 aliphatic rings. The van der Waals surface area contributed by atoms with Crippen molar-refractivity contribution in [2.24, 2.45) is 0 Å². The van der Waals surface area contributed by atoms with Crippen LogP contribution in [0.3, 0.4) is 0 Å². The van der Waals surface area contributed by atoms with Crippen LogP contribution in [0.25, 0.3) is 21.9 Å². The van der Waals surface area contributed by atoms with Crippen molar-refractivity contribution < 1.29 is 18.1 Å². The van der Waals surface area contributed by atoms with Crippen LogP contribution in [0.4, 0.5) is 26.1 Å². The summed E-state index contributed by atoms with van der Waals surface area (Å²) >= 11 is 0. The third-order valence-corrected chi connectivity index (χ3v) is 5.72. The Balaban J connectivity index is 1.52. The number of benzene rings is 2. The molecule has 0 bridgehead atoms. The summed E-state index contributed by atoms with van der Waals surface area (Å²) in [6.07, 6.45) is -0.114. The highest BCUT2D eigenvalue weighted by Gasteiger charge is 2.33. The van der Waals surface area contributed by atoms with Gasteiger partial charge in [-0.2, -0.15) is 0 Å². The van der Waals surface area contributed by atoms with Gasteiger partial charge in [-0.25, -0.2) is 13.8 Å². The Labute approximate surface area is 182 Å². The number of nitrogen functional groups attached to an aromatic ring is 1. The fourth-order valence-electron chi connectivity index (χ4n) is 4.02. The van der Waals surface area contributed by atoms with Crippen LogP contribution in [0.15, 0.2) is 53.1 Å². The van der Waals surface area contributed by atoms with Gasteiger partial charge in [-0.3, -0.25) is 4.79 Å². The molecule has 7 nitrogen and oxygen atoms in total. The van der Waals surface area contributed by atoms with E-state index in [2.05, 4.69) is 15.5 Å². The Morgan fingerprint density at radius 3 is 2.84 bits per heavy atom. The molecule has 2 aromatic carbocycles. The zero-order valence-corrected chi connectivity index (χ0v) is 17.1. The Hall–Kier alpha value is -3.75. The Bertz CT molecular complexity index is 1320. The maximum atomic E-state index is 13.9. The molecule has 32 heavy (non-hydrogen) atoms. The number of nitrogens with one attached hydrogen (secondary N) is 1. The molecule has 0 saturated carbocycles. The van der Waals surface area contributed by atoms with Gasteiger partial charge in [0.15, 0.2) is 11.4 Å². The van der Waals surface area contributed by atoms with Crippen LogP contribution < -0.4 is 16.0 Å². The second kappa shape index (κ2) is 7.74. The number of aromatic nitrogens is 2. The van der Waals surface area contributed by atoms with Gasteiger partial charge in [-0.05, 0) is 36.8 Å². The number of amides is 1. The van der Waals surface area contributed by atoms with Gasteiger partial charge in [0, 0.05) is 37.0 Å². The van der Waals surface area contributed by atoms with Gasteiger partial charge in [0.1, 0.15) is 5.82 Å². The molecule has 5 rings (SSSR count). The maximum absolute atomic E-state index is 13.9. The van der Waals surface area contributed by atoms with Gasteiger partial charge in [0.2, 0.25) is 5.92 Å². The van der Waals surface area contributed by atoms with E-state index >= 15 is 0 Å². The first-order valence-corrected chi connectivity index (χ1v) is 10.4. The minimum absolute atomic E-state index is 0.127. The molecule has 1 saturated heterocycles. The molecule has 0 spiro atoms. The molecule has 0 aliphatic carbocycles. The lowest BCUT2D eigenvalue weighted by Gasteiger charge is -2.24. The van der Waals surface area contributed by atoms with E-state index in [-0.39, 0.29) is 31.1 Å². The monoisotopic (exact) mass is 437 g/mol. The standard InChI is InChI=1S/C23H21F2N5O2/c24-23(25)8-3-10-30(11-9-23)21-17(12-14-4-1-2-5-18(14)28-21)22(31)27-15-6-7-19-16(13-15)20(26)29-32-19/h1-2,4-7,12-13H,3,8-11H2,(H2,26,29)(H,27,31). The molecule has 1 fully saturated rings. The van der Waals surface area contributed by atoms with Crippen LogP contribution in [0.2, 0.25) is 0 Å². The highest BCUT2D eigenvalue weighted by atomic mass is 19.3. The lowest BCUT2D eigenvalue weighted by molar-refractivity contribution is -0.0102. The molecule has 164 valence electrons. The fourth-order valence-corrected chi connectivity index (χ4v) is 4.02. The second-order valence-electron chi connectivity index (χ2n) is 7.98. The number of carbonyl (C=O) groups is 1. The van der Waals surface area contributed by atoms with E-state index in [0.29, 0.717) is 46.5 Å². The minimum atomic E-state index is -2.71. The Kier molecular flexibility index (Phi) is 4.88. The van der Waals surface area contributed by atoms with Gasteiger partial charge in [-0.1, -0.05) is 23.4 Å². The van der Waals surface area contributed by atoms with Crippen molar-refractivity contribution in [1.82, 2.24) is 10.1 Å². The van der Waals surface area contributed by atoms with Crippen molar-refractivity contribution in [3.8, 4) is 0 Å². The van der Waals surface area contributed by atoms with Crippen LogP contribution in [0.5, 0.6) is 0 Å². The molecule has 3 N–H and O–H groups in total. The minimum Gasteiger partial charge on any atom is -0.380 e. The first-order chi connectivity index (χ1) is 15.4. The average molecular weight is 437 g/mol. The molecule has 1 aliphatic heterocycles. The molecule has 2 aromatic heterocycles. The molecule has 0 radical (unpaired) electrons. The van der Waals surface area contributed by atoms with Gasteiger partial charge < -0.3 is 20.5 Å². The summed E-state index contributed by atoms with van der Waals surface area (Å²) in [6, 6.07) is 14.2. The van der Waals surface area contributed by atoms with Crippen LogP contribution in [0, 0.1) is 0 Å². The predicted molar refractivity (Wildman–Crippen MR) is 119 cm³/mol. The Morgan fingerprint density at radius 1 is 1.12 bits per heavy atom. The molecule has 0 unspecified atom stereocenters. The second-order valence-corrected chi connectivity index (χ2v) is 7.98. The summed E-state index contributed by atoms with van der Waals surface area (Å²) in [4.78, 5) is 19.8. The van der Waals surface area contributed by atoms with E-state index in [0.717, 1.165) is 5.39 Å². The fraction of sp³-hybridized carbons (Fsp3) is 0.261. The Morgan fingerprint density at radius 2 is 1.97 bits per heavy atom. The third kappa shape index (κ3) is 3.81. The first kappa shape index (κ1) is 20.2. The number of nitrogens with zero attached hydrogens (tertiary/aromatic N) is 3. The summed E-state index contributed by atoms with van der Waals surface area (Å²) in [5, 5.41) is 7.97. The zero-order chi connectivity index (χ0) is 22.3. The summed E-state index contributed by atoms with van der Waals surface area (Å²) in [5.74, 6) is -2.45. The predicted octanol–water partition coefficient (Wildman–Crippen LogP) is 4.84.